The molecule has 1 aromatic heterocycles. The second kappa shape index (κ2) is 10.6. The van der Waals surface area contributed by atoms with Crippen LogP contribution in [0, 0.1) is 13.8 Å². The number of aromatic amines is 1. The van der Waals surface area contributed by atoms with Crippen LogP contribution in [0.4, 0.5) is 0 Å². The lowest BCUT2D eigenvalue weighted by Crippen LogP contribution is -2.32. The molecule has 1 amide bonds. The number of methoxy groups -OCH3 is 3. The van der Waals surface area contributed by atoms with Gasteiger partial charge in [-0.1, -0.05) is 42.5 Å². The van der Waals surface area contributed by atoms with Crippen LogP contribution < -0.4 is 19.8 Å². The Morgan fingerprint density at radius 1 is 0.861 bits per heavy atom. The summed E-state index contributed by atoms with van der Waals surface area (Å²) in [4.78, 5) is 31.6. The average Bonchev–Trinajstić information content (AvgIpc) is 2.90. The van der Waals surface area contributed by atoms with Gasteiger partial charge in [-0.3, -0.25) is 9.59 Å². The third-order valence-electron chi connectivity index (χ3n) is 6.40. The molecule has 0 aliphatic carbocycles. The van der Waals surface area contributed by atoms with E-state index in [1.807, 2.05) is 62.4 Å². The van der Waals surface area contributed by atoms with Gasteiger partial charge in [0.2, 0.25) is 5.75 Å². The lowest BCUT2D eigenvalue weighted by Gasteiger charge is -2.24. The van der Waals surface area contributed by atoms with Gasteiger partial charge >= 0.3 is 0 Å². The average molecular weight is 487 g/mol. The molecule has 36 heavy (non-hydrogen) atoms. The summed E-state index contributed by atoms with van der Waals surface area (Å²) in [6.45, 7) is 4.45. The molecule has 1 N–H and O–H groups in total. The summed E-state index contributed by atoms with van der Waals surface area (Å²) >= 11 is 0. The molecule has 0 unspecified atom stereocenters. The molecule has 0 saturated heterocycles. The van der Waals surface area contributed by atoms with Crippen molar-refractivity contribution in [2.24, 2.45) is 0 Å². The van der Waals surface area contributed by atoms with Gasteiger partial charge in [-0.05, 0) is 54.1 Å². The molecule has 0 aliphatic rings. The lowest BCUT2D eigenvalue weighted by molar-refractivity contribution is 0.0728. The summed E-state index contributed by atoms with van der Waals surface area (Å²) in [5.74, 6) is 0.906. The van der Waals surface area contributed by atoms with E-state index in [9.17, 15) is 9.59 Å². The molecule has 4 rings (SSSR count). The molecule has 0 radical (unpaired) electrons. The van der Waals surface area contributed by atoms with Gasteiger partial charge in [0.1, 0.15) is 0 Å². The number of hydrogen-bond donors (Lipinski definition) is 1. The monoisotopic (exact) mass is 486 g/mol. The minimum Gasteiger partial charge on any atom is -0.493 e. The van der Waals surface area contributed by atoms with Gasteiger partial charge in [-0.2, -0.15) is 0 Å². The number of nitrogens with one attached hydrogen (secondary N) is 1. The summed E-state index contributed by atoms with van der Waals surface area (Å²) in [5, 5.41) is 0.924. The van der Waals surface area contributed by atoms with Crippen molar-refractivity contribution < 1.29 is 19.0 Å². The van der Waals surface area contributed by atoms with Crippen molar-refractivity contribution >= 4 is 16.8 Å². The van der Waals surface area contributed by atoms with Gasteiger partial charge in [-0.15, -0.1) is 0 Å². The number of carbonyl (C=O) groups is 1. The first-order valence-corrected chi connectivity index (χ1v) is 11.6. The van der Waals surface area contributed by atoms with Crippen LogP contribution in [0.15, 0.2) is 65.5 Å². The predicted octanol–water partition coefficient (Wildman–Crippen LogP) is 5.01. The Bertz CT molecular complexity index is 1440. The van der Waals surface area contributed by atoms with Crippen LogP contribution in [-0.2, 0) is 13.1 Å². The molecule has 0 fully saturated rings. The van der Waals surface area contributed by atoms with Crippen LogP contribution in [-0.4, -0.2) is 37.1 Å². The maximum absolute atomic E-state index is 13.8. The highest BCUT2D eigenvalue weighted by Gasteiger charge is 2.23. The fourth-order valence-electron chi connectivity index (χ4n) is 4.28. The van der Waals surface area contributed by atoms with Crippen LogP contribution in [0.2, 0.25) is 0 Å². The van der Waals surface area contributed by atoms with Crippen molar-refractivity contribution in [3.8, 4) is 17.2 Å². The van der Waals surface area contributed by atoms with E-state index < -0.39 is 0 Å². The predicted molar refractivity (Wildman–Crippen MR) is 140 cm³/mol. The van der Waals surface area contributed by atoms with Crippen LogP contribution in [0.1, 0.15) is 32.6 Å². The van der Waals surface area contributed by atoms with Crippen LogP contribution in [0.3, 0.4) is 0 Å². The number of pyridine rings is 1. The van der Waals surface area contributed by atoms with E-state index in [0.29, 0.717) is 34.9 Å². The van der Waals surface area contributed by atoms with Gasteiger partial charge in [-0.25, -0.2) is 0 Å². The maximum Gasteiger partial charge on any atom is 0.254 e. The Morgan fingerprint density at radius 2 is 1.53 bits per heavy atom. The number of ether oxygens (including phenoxy) is 3. The number of rotatable bonds is 8. The molecular formula is C29H30N2O5. The topological polar surface area (TPSA) is 80.9 Å². The second-order valence-electron chi connectivity index (χ2n) is 8.66. The van der Waals surface area contributed by atoms with Crippen molar-refractivity contribution in [1.82, 2.24) is 9.88 Å². The van der Waals surface area contributed by atoms with Crippen LogP contribution in [0.5, 0.6) is 17.2 Å². The molecule has 1 heterocycles. The summed E-state index contributed by atoms with van der Waals surface area (Å²) in [6, 6.07) is 18.8. The van der Waals surface area contributed by atoms with Gasteiger partial charge in [0, 0.05) is 17.7 Å². The molecule has 0 aliphatic heterocycles. The van der Waals surface area contributed by atoms with E-state index in [0.717, 1.165) is 27.6 Å². The first-order valence-electron chi connectivity index (χ1n) is 11.6. The zero-order valence-corrected chi connectivity index (χ0v) is 21.2. The lowest BCUT2D eigenvalue weighted by atomic mass is 10.0. The zero-order valence-electron chi connectivity index (χ0n) is 21.2. The fraction of sp³-hybridized carbons (Fsp3) is 0.241. The largest absolute Gasteiger partial charge is 0.493 e. The van der Waals surface area contributed by atoms with Crippen LogP contribution in [0.25, 0.3) is 10.9 Å². The fourth-order valence-corrected chi connectivity index (χ4v) is 4.28. The van der Waals surface area contributed by atoms with E-state index in [1.165, 1.54) is 21.3 Å². The Balaban J connectivity index is 1.77. The molecule has 7 nitrogen and oxygen atoms in total. The number of amides is 1. The number of hydrogen-bond acceptors (Lipinski definition) is 5. The molecule has 4 aromatic rings. The highest BCUT2D eigenvalue weighted by atomic mass is 16.5. The molecule has 0 bridgehead atoms. The van der Waals surface area contributed by atoms with E-state index in [1.54, 1.807) is 17.0 Å². The van der Waals surface area contributed by atoms with E-state index in [-0.39, 0.29) is 18.0 Å². The van der Waals surface area contributed by atoms with E-state index >= 15 is 0 Å². The maximum atomic E-state index is 13.8. The van der Waals surface area contributed by atoms with Crippen molar-refractivity contribution in [3.63, 3.8) is 0 Å². The zero-order chi connectivity index (χ0) is 25.8. The number of nitrogens with zero attached hydrogens (tertiary/aromatic N) is 1. The summed E-state index contributed by atoms with van der Waals surface area (Å²) in [7, 11) is 4.52. The summed E-state index contributed by atoms with van der Waals surface area (Å²) in [6.07, 6.45) is 0. The number of aryl methyl sites for hydroxylation is 2. The summed E-state index contributed by atoms with van der Waals surface area (Å²) in [5.41, 5.74) is 4.55. The number of aromatic nitrogens is 1. The Hall–Kier alpha value is -4.26. The third-order valence-corrected chi connectivity index (χ3v) is 6.40. The molecule has 0 spiro atoms. The van der Waals surface area contributed by atoms with Gasteiger partial charge < -0.3 is 24.1 Å². The first-order chi connectivity index (χ1) is 17.4. The SMILES string of the molecule is COc1cc(C(=O)N(Cc2ccccc2)Cc2cc3ccc(C)c(C)c3[nH]c2=O)cc(OC)c1OC. The first kappa shape index (κ1) is 24.9. The normalized spacial score (nSPS) is 10.8. The number of fused-ring (bicyclic) bond motifs is 1. The van der Waals surface area contributed by atoms with E-state index in [4.69, 9.17) is 14.2 Å². The number of benzene rings is 3. The van der Waals surface area contributed by atoms with Gasteiger partial charge in [0.15, 0.2) is 11.5 Å². The molecule has 186 valence electrons. The standard InChI is InChI=1S/C29H30N2O5/c1-18-11-12-21-13-23(28(32)30-26(21)19(18)2)17-31(16-20-9-7-6-8-10-20)29(33)22-14-24(34-3)27(36-5)25(15-22)35-4/h6-15H,16-17H2,1-5H3,(H,30,32). The highest BCUT2D eigenvalue weighted by molar-refractivity contribution is 5.95. The second-order valence-corrected chi connectivity index (χ2v) is 8.66. The highest BCUT2D eigenvalue weighted by Crippen LogP contribution is 2.38. The van der Waals surface area contributed by atoms with Crippen molar-refractivity contribution in [3.05, 3.63) is 98.8 Å². The molecule has 0 saturated carbocycles. The van der Waals surface area contributed by atoms with Crippen molar-refractivity contribution in [2.45, 2.75) is 26.9 Å². The summed E-state index contributed by atoms with van der Waals surface area (Å²) < 4.78 is 16.3. The molecular weight excluding hydrogens is 456 g/mol. The van der Waals surface area contributed by atoms with Crippen molar-refractivity contribution in [1.29, 1.82) is 0 Å². The minimum atomic E-state index is -0.266. The van der Waals surface area contributed by atoms with Gasteiger partial charge in [0.05, 0.1) is 33.4 Å². The smallest absolute Gasteiger partial charge is 0.254 e. The van der Waals surface area contributed by atoms with Crippen molar-refractivity contribution in [2.75, 3.05) is 21.3 Å². The number of H-pyrrole nitrogens is 1. The van der Waals surface area contributed by atoms with Gasteiger partial charge in [0.25, 0.3) is 11.5 Å². The molecule has 0 atom stereocenters. The minimum absolute atomic E-state index is 0.128. The number of carbonyl (C=O) groups excluding carboxylic acids is 1. The van der Waals surface area contributed by atoms with E-state index in [2.05, 4.69) is 4.98 Å². The Morgan fingerprint density at radius 3 is 2.14 bits per heavy atom. The third kappa shape index (κ3) is 4.91. The quantitative estimate of drug-likeness (QED) is 0.379. The molecule has 7 heteroatoms. The molecule has 3 aromatic carbocycles. The Kier molecular flexibility index (Phi) is 7.29. The van der Waals surface area contributed by atoms with Crippen LogP contribution >= 0.6 is 0 Å². The Labute approximate surface area is 210 Å².